The van der Waals surface area contributed by atoms with Crippen LogP contribution >= 0.6 is 0 Å². The van der Waals surface area contributed by atoms with Gasteiger partial charge in [0, 0.05) is 5.69 Å². The average Bonchev–Trinajstić information content (AvgIpc) is 2.52. The van der Waals surface area contributed by atoms with Crippen molar-refractivity contribution in [1.82, 2.24) is 5.32 Å². The van der Waals surface area contributed by atoms with Crippen molar-refractivity contribution < 1.29 is 19.5 Å². The molecule has 0 aliphatic carbocycles. The normalized spacial score (nSPS) is 13.2. The quantitative estimate of drug-likeness (QED) is 0.626. The number of amides is 2. The molecule has 0 bridgehead atoms. The van der Waals surface area contributed by atoms with Gasteiger partial charge in [-0.1, -0.05) is 6.07 Å². The maximum Gasteiger partial charge on any atom is 0.322 e. The maximum atomic E-state index is 11.4. The van der Waals surface area contributed by atoms with Crippen LogP contribution in [0.15, 0.2) is 18.2 Å². The topological polar surface area (TPSA) is 95.5 Å². The summed E-state index contributed by atoms with van der Waals surface area (Å²) in [4.78, 5) is 33.1. The van der Waals surface area contributed by atoms with Gasteiger partial charge in [0.1, 0.15) is 6.54 Å². The van der Waals surface area contributed by atoms with Crippen LogP contribution in [-0.2, 0) is 4.79 Å². The van der Waals surface area contributed by atoms with Gasteiger partial charge in [-0.05, 0) is 12.1 Å². The molecule has 0 saturated heterocycles. The molecule has 6 heteroatoms. The first-order valence-electron chi connectivity index (χ1n) is 4.54. The number of imide groups is 1. The van der Waals surface area contributed by atoms with Crippen molar-refractivity contribution in [3.8, 4) is 0 Å². The molecule has 1 aliphatic rings. The highest BCUT2D eigenvalue weighted by Crippen LogP contribution is 2.23. The molecule has 1 aromatic carbocycles. The number of carboxylic acid groups (broad SMARTS) is 1. The predicted octanol–water partition coefficient (Wildman–Crippen LogP) is 0.0667. The fourth-order valence-electron chi connectivity index (χ4n) is 1.54. The van der Waals surface area contributed by atoms with Crippen LogP contribution in [0.1, 0.15) is 20.7 Å². The van der Waals surface area contributed by atoms with Gasteiger partial charge in [-0.2, -0.15) is 0 Å². The van der Waals surface area contributed by atoms with Crippen LogP contribution in [0.4, 0.5) is 5.69 Å². The van der Waals surface area contributed by atoms with E-state index in [-0.39, 0.29) is 17.7 Å². The van der Waals surface area contributed by atoms with Crippen LogP contribution in [-0.4, -0.2) is 29.4 Å². The lowest BCUT2D eigenvalue weighted by Gasteiger charge is -2.06. The van der Waals surface area contributed by atoms with Gasteiger partial charge < -0.3 is 10.4 Å². The fourth-order valence-corrected chi connectivity index (χ4v) is 1.54. The number of aliphatic carboxylic acids is 1. The SMILES string of the molecule is O=C(O)CNc1cccc2c1C(=O)NC2=O. The van der Waals surface area contributed by atoms with Crippen molar-refractivity contribution in [3.63, 3.8) is 0 Å². The van der Waals surface area contributed by atoms with Gasteiger partial charge in [-0.15, -0.1) is 0 Å². The predicted molar refractivity (Wildman–Crippen MR) is 54.4 cm³/mol. The fraction of sp³-hybridized carbons (Fsp3) is 0.100. The molecule has 82 valence electrons. The third-order valence-electron chi connectivity index (χ3n) is 2.19. The Labute approximate surface area is 90.3 Å². The Morgan fingerprint density at radius 3 is 2.75 bits per heavy atom. The van der Waals surface area contributed by atoms with Crippen LogP contribution in [0.25, 0.3) is 0 Å². The molecule has 0 spiro atoms. The number of anilines is 1. The molecule has 0 saturated carbocycles. The minimum atomic E-state index is -1.04. The van der Waals surface area contributed by atoms with Crippen LogP contribution in [0.2, 0.25) is 0 Å². The van der Waals surface area contributed by atoms with E-state index in [0.29, 0.717) is 5.69 Å². The summed E-state index contributed by atoms with van der Waals surface area (Å²) in [7, 11) is 0. The summed E-state index contributed by atoms with van der Waals surface area (Å²) in [6, 6.07) is 4.66. The highest BCUT2D eigenvalue weighted by Gasteiger charge is 2.29. The van der Waals surface area contributed by atoms with Crippen molar-refractivity contribution in [3.05, 3.63) is 29.3 Å². The van der Waals surface area contributed by atoms with Gasteiger partial charge in [0.25, 0.3) is 11.8 Å². The van der Waals surface area contributed by atoms with E-state index in [4.69, 9.17) is 5.11 Å². The summed E-state index contributed by atoms with van der Waals surface area (Å²) >= 11 is 0. The summed E-state index contributed by atoms with van der Waals surface area (Å²) in [5.41, 5.74) is 0.817. The Bertz CT molecular complexity index is 496. The van der Waals surface area contributed by atoms with E-state index in [1.165, 1.54) is 6.07 Å². The van der Waals surface area contributed by atoms with Crippen LogP contribution in [0.5, 0.6) is 0 Å². The second-order valence-electron chi connectivity index (χ2n) is 3.26. The highest BCUT2D eigenvalue weighted by atomic mass is 16.4. The Morgan fingerprint density at radius 2 is 2.06 bits per heavy atom. The number of nitrogens with one attached hydrogen (secondary N) is 2. The summed E-state index contributed by atoms with van der Waals surface area (Å²) in [6.07, 6.45) is 0. The lowest BCUT2D eigenvalue weighted by Crippen LogP contribution is -2.20. The van der Waals surface area contributed by atoms with E-state index in [0.717, 1.165) is 0 Å². The Balaban J connectivity index is 2.37. The molecular formula is C10H8N2O4. The average molecular weight is 220 g/mol. The lowest BCUT2D eigenvalue weighted by atomic mass is 10.1. The third kappa shape index (κ3) is 1.60. The second kappa shape index (κ2) is 3.65. The van der Waals surface area contributed by atoms with Crippen LogP contribution < -0.4 is 10.6 Å². The molecule has 1 heterocycles. The summed E-state index contributed by atoms with van der Waals surface area (Å²) in [6.45, 7) is -0.308. The second-order valence-corrected chi connectivity index (χ2v) is 3.26. The molecule has 6 nitrogen and oxygen atoms in total. The van der Waals surface area contributed by atoms with Gasteiger partial charge in [0.05, 0.1) is 11.1 Å². The lowest BCUT2D eigenvalue weighted by molar-refractivity contribution is -0.134. The minimum absolute atomic E-state index is 0.203. The van der Waals surface area contributed by atoms with Gasteiger partial charge >= 0.3 is 5.97 Å². The number of carbonyl (C=O) groups excluding carboxylic acids is 2. The molecule has 2 amide bonds. The monoisotopic (exact) mass is 220 g/mol. The van der Waals surface area contributed by atoms with E-state index >= 15 is 0 Å². The third-order valence-corrected chi connectivity index (χ3v) is 2.19. The zero-order chi connectivity index (χ0) is 11.7. The first-order valence-corrected chi connectivity index (χ1v) is 4.54. The number of hydrogen-bond donors (Lipinski definition) is 3. The van der Waals surface area contributed by atoms with Gasteiger partial charge in [-0.3, -0.25) is 19.7 Å². The van der Waals surface area contributed by atoms with E-state index in [9.17, 15) is 14.4 Å². The van der Waals surface area contributed by atoms with Crippen molar-refractivity contribution >= 4 is 23.5 Å². The van der Waals surface area contributed by atoms with Crippen LogP contribution in [0, 0.1) is 0 Å². The highest BCUT2D eigenvalue weighted by molar-refractivity contribution is 6.23. The molecule has 0 aromatic heterocycles. The smallest absolute Gasteiger partial charge is 0.322 e. The molecule has 16 heavy (non-hydrogen) atoms. The minimum Gasteiger partial charge on any atom is -0.480 e. The molecular weight excluding hydrogens is 212 g/mol. The molecule has 0 radical (unpaired) electrons. The van der Waals surface area contributed by atoms with Crippen molar-refractivity contribution in [2.24, 2.45) is 0 Å². The molecule has 0 unspecified atom stereocenters. The Morgan fingerprint density at radius 1 is 1.31 bits per heavy atom. The maximum absolute atomic E-state index is 11.4. The van der Waals surface area contributed by atoms with E-state index in [1.54, 1.807) is 12.1 Å². The first kappa shape index (κ1) is 10.2. The van der Waals surface area contributed by atoms with E-state index in [2.05, 4.69) is 10.6 Å². The molecule has 0 fully saturated rings. The van der Waals surface area contributed by atoms with Gasteiger partial charge in [0.2, 0.25) is 0 Å². The zero-order valence-electron chi connectivity index (χ0n) is 8.11. The van der Waals surface area contributed by atoms with E-state index < -0.39 is 17.8 Å². The van der Waals surface area contributed by atoms with Crippen molar-refractivity contribution in [2.75, 3.05) is 11.9 Å². The molecule has 2 rings (SSSR count). The standard InChI is InChI=1S/C10H8N2O4/c13-7(14)4-11-6-3-1-2-5-8(6)10(16)12-9(5)15/h1-3,11H,4H2,(H,13,14)(H,12,15,16). The molecule has 1 aromatic rings. The number of carboxylic acids is 1. The van der Waals surface area contributed by atoms with E-state index in [1.807, 2.05) is 0 Å². The number of benzene rings is 1. The largest absolute Gasteiger partial charge is 0.480 e. The Hall–Kier alpha value is -2.37. The van der Waals surface area contributed by atoms with Gasteiger partial charge in [0.15, 0.2) is 0 Å². The summed E-state index contributed by atoms with van der Waals surface area (Å²) < 4.78 is 0. The molecule has 3 N–H and O–H groups in total. The summed E-state index contributed by atoms with van der Waals surface area (Å²) in [5, 5.41) is 13.2. The number of rotatable bonds is 3. The first-order chi connectivity index (χ1) is 7.59. The Kier molecular flexibility index (Phi) is 2.32. The zero-order valence-corrected chi connectivity index (χ0v) is 8.11. The number of hydrogen-bond acceptors (Lipinski definition) is 4. The van der Waals surface area contributed by atoms with Gasteiger partial charge in [-0.25, -0.2) is 0 Å². The molecule has 1 aliphatic heterocycles. The van der Waals surface area contributed by atoms with Crippen molar-refractivity contribution in [1.29, 1.82) is 0 Å². The number of fused-ring (bicyclic) bond motifs is 1. The van der Waals surface area contributed by atoms with Crippen molar-refractivity contribution in [2.45, 2.75) is 0 Å². The van der Waals surface area contributed by atoms with Crippen LogP contribution in [0.3, 0.4) is 0 Å². The number of carbonyl (C=O) groups is 3. The summed E-state index contributed by atoms with van der Waals surface area (Å²) in [5.74, 6) is -2.00. The molecule has 0 atom stereocenters.